The molecule has 0 aliphatic heterocycles. The molecule has 0 aromatic rings. The van der Waals surface area contributed by atoms with Crippen molar-refractivity contribution in [1.82, 2.24) is 0 Å². The van der Waals surface area contributed by atoms with Gasteiger partial charge in [0.1, 0.15) is 12.1 Å². The van der Waals surface area contributed by atoms with Crippen LogP contribution < -0.4 is 11.5 Å². The Labute approximate surface area is 94.6 Å². The summed E-state index contributed by atoms with van der Waals surface area (Å²) in [6.45, 7) is 0. The van der Waals surface area contributed by atoms with E-state index in [9.17, 15) is 9.59 Å². The van der Waals surface area contributed by atoms with E-state index in [1.807, 2.05) is 0 Å². The number of esters is 2. The second kappa shape index (κ2) is 7.84. The SMILES string of the molecule is COC(=O)[C@@H](N)C/C=C/C[C@H](N)C(=O)OC. The molecule has 0 rings (SSSR count). The van der Waals surface area contributed by atoms with Crippen molar-refractivity contribution in [3.63, 3.8) is 0 Å². The number of carbonyl (C=O) groups is 2. The number of ether oxygens (including phenoxy) is 2. The quantitative estimate of drug-likeness (QED) is 0.463. The number of methoxy groups -OCH3 is 2. The molecule has 0 bridgehead atoms. The third-order valence-electron chi connectivity index (χ3n) is 1.95. The summed E-state index contributed by atoms with van der Waals surface area (Å²) in [5.74, 6) is -0.941. The highest BCUT2D eigenvalue weighted by Crippen LogP contribution is 1.97. The Kier molecular flexibility index (Phi) is 7.15. The molecule has 0 heterocycles. The molecule has 6 heteroatoms. The van der Waals surface area contributed by atoms with E-state index >= 15 is 0 Å². The summed E-state index contributed by atoms with van der Waals surface area (Å²) in [5.41, 5.74) is 11.0. The van der Waals surface area contributed by atoms with Crippen LogP contribution in [0.2, 0.25) is 0 Å². The molecule has 0 aliphatic rings. The van der Waals surface area contributed by atoms with Crippen LogP contribution in [0.5, 0.6) is 0 Å². The molecule has 92 valence electrons. The van der Waals surface area contributed by atoms with Gasteiger partial charge < -0.3 is 20.9 Å². The molecule has 16 heavy (non-hydrogen) atoms. The van der Waals surface area contributed by atoms with Crippen molar-refractivity contribution in [3.05, 3.63) is 12.2 Å². The molecule has 0 saturated carbocycles. The normalized spacial score (nSPS) is 14.5. The second-order valence-electron chi connectivity index (χ2n) is 3.20. The maximum absolute atomic E-state index is 10.9. The average Bonchev–Trinajstić information content (AvgIpc) is 2.31. The lowest BCUT2D eigenvalue weighted by Crippen LogP contribution is -2.31. The van der Waals surface area contributed by atoms with E-state index in [2.05, 4.69) is 9.47 Å². The Hall–Kier alpha value is -1.40. The summed E-state index contributed by atoms with van der Waals surface area (Å²) in [7, 11) is 2.55. The van der Waals surface area contributed by atoms with Crippen LogP contribution in [0.4, 0.5) is 0 Å². The van der Waals surface area contributed by atoms with Gasteiger partial charge in [-0.3, -0.25) is 9.59 Å². The Bertz CT molecular complexity index is 240. The van der Waals surface area contributed by atoms with E-state index in [1.54, 1.807) is 12.2 Å². The van der Waals surface area contributed by atoms with Gasteiger partial charge in [0.25, 0.3) is 0 Å². The van der Waals surface area contributed by atoms with Crippen LogP contribution in [-0.4, -0.2) is 38.2 Å². The van der Waals surface area contributed by atoms with Gasteiger partial charge in [0.05, 0.1) is 14.2 Å². The number of rotatable bonds is 6. The Morgan fingerprint density at radius 2 is 1.31 bits per heavy atom. The topological polar surface area (TPSA) is 105 Å². The molecule has 0 unspecified atom stereocenters. The van der Waals surface area contributed by atoms with E-state index in [0.717, 1.165) is 0 Å². The fraction of sp³-hybridized carbons (Fsp3) is 0.600. The lowest BCUT2D eigenvalue weighted by molar-refractivity contribution is -0.142. The Balaban J connectivity index is 3.86. The predicted molar refractivity (Wildman–Crippen MR) is 58.4 cm³/mol. The second-order valence-corrected chi connectivity index (χ2v) is 3.20. The fourth-order valence-electron chi connectivity index (χ4n) is 0.981. The summed E-state index contributed by atoms with van der Waals surface area (Å²) < 4.78 is 8.90. The molecule has 4 N–H and O–H groups in total. The minimum absolute atomic E-state index is 0.348. The van der Waals surface area contributed by atoms with Crippen molar-refractivity contribution >= 4 is 11.9 Å². The molecular formula is C10H18N2O4. The standard InChI is InChI=1S/C10H18N2O4/c1-15-9(13)7(11)5-3-4-6-8(12)10(14)16-2/h3-4,7-8H,5-6,11-12H2,1-2H3/b4-3+/t7-,8-/m0/s1. The summed E-state index contributed by atoms with van der Waals surface area (Å²) in [4.78, 5) is 21.8. The highest BCUT2D eigenvalue weighted by Gasteiger charge is 2.12. The van der Waals surface area contributed by atoms with E-state index in [1.165, 1.54) is 14.2 Å². The van der Waals surface area contributed by atoms with Crippen LogP contribution in [0.1, 0.15) is 12.8 Å². The maximum Gasteiger partial charge on any atom is 0.322 e. The van der Waals surface area contributed by atoms with Gasteiger partial charge in [-0.25, -0.2) is 0 Å². The van der Waals surface area contributed by atoms with E-state index in [4.69, 9.17) is 11.5 Å². The van der Waals surface area contributed by atoms with Crippen molar-refractivity contribution in [3.8, 4) is 0 Å². The van der Waals surface area contributed by atoms with Crippen LogP contribution in [0, 0.1) is 0 Å². The molecule has 0 amide bonds. The first-order valence-electron chi connectivity index (χ1n) is 4.84. The smallest absolute Gasteiger partial charge is 0.322 e. The zero-order valence-electron chi connectivity index (χ0n) is 9.51. The van der Waals surface area contributed by atoms with Crippen molar-refractivity contribution in [2.45, 2.75) is 24.9 Å². The van der Waals surface area contributed by atoms with E-state index in [-0.39, 0.29) is 0 Å². The lowest BCUT2D eigenvalue weighted by atomic mass is 10.1. The minimum Gasteiger partial charge on any atom is -0.468 e. The van der Waals surface area contributed by atoms with Gasteiger partial charge >= 0.3 is 11.9 Å². The first kappa shape index (κ1) is 14.6. The molecule has 0 spiro atoms. The first-order valence-corrected chi connectivity index (χ1v) is 4.84. The summed E-state index contributed by atoms with van der Waals surface area (Å²) in [6.07, 6.45) is 4.07. The number of hydrogen-bond acceptors (Lipinski definition) is 6. The molecule has 2 atom stereocenters. The monoisotopic (exact) mass is 230 g/mol. The van der Waals surface area contributed by atoms with Crippen molar-refractivity contribution in [2.24, 2.45) is 11.5 Å². The highest BCUT2D eigenvalue weighted by molar-refractivity contribution is 5.76. The van der Waals surface area contributed by atoms with Crippen LogP contribution in [-0.2, 0) is 19.1 Å². The summed E-state index contributed by atoms with van der Waals surface area (Å²) in [5, 5.41) is 0. The van der Waals surface area contributed by atoms with Crippen LogP contribution in [0.3, 0.4) is 0 Å². The first-order chi connectivity index (χ1) is 7.52. The van der Waals surface area contributed by atoms with Gasteiger partial charge in [0.2, 0.25) is 0 Å². The predicted octanol–water partition coefficient (Wildman–Crippen LogP) is -0.677. The maximum atomic E-state index is 10.9. The van der Waals surface area contributed by atoms with Gasteiger partial charge in [0.15, 0.2) is 0 Å². The number of nitrogens with two attached hydrogens (primary N) is 2. The largest absolute Gasteiger partial charge is 0.468 e. The zero-order valence-corrected chi connectivity index (χ0v) is 9.51. The Morgan fingerprint density at radius 1 is 1.00 bits per heavy atom. The van der Waals surface area contributed by atoms with E-state index in [0.29, 0.717) is 12.8 Å². The number of carbonyl (C=O) groups excluding carboxylic acids is 2. The molecule has 0 radical (unpaired) electrons. The molecule has 6 nitrogen and oxygen atoms in total. The van der Waals surface area contributed by atoms with Gasteiger partial charge in [-0.15, -0.1) is 0 Å². The van der Waals surface area contributed by atoms with Crippen molar-refractivity contribution < 1.29 is 19.1 Å². The average molecular weight is 230 g/mol. The van der Waals surface area contributed by atoms with Crippen LogP contribution in [0.15, 0.2) is 12.2 Å². The third-order valence-corrected chi connectivity index (χ3v) is 1.95. The van der Waals surface area contributed by atoms with Gasteiger partial charge in [-0.2, -0.15) is 0 Å². The summed E-state index contributed by atoms with van der Waals surface area (Å²) in [6, 6.07) is -1.37. The number of hydrogen-bond donors (Lipinski definition) is 2. The molecular weight excluding hydrogens is 212 g/mol. The van der Waals surface area contributed by atoms with Gasteiger partial charge in [-0.1, -0.05) is 12.2 Å². The molecule has 0 aliphatic carbocycles. The molecule has 0 aromatic heterocycles. The lowest BCUT2D eigenvalue weighted by Gasteiger charge is -2.06. The van der Waals surface area contributed by atoms with E-state index < -0.39 is 24.0 Å². The van der Waals surface area contributed by atoms with Crippen molar-refractivity contribution in [1.29, 1.82) is 0 Å². The van der Waals surface area contributed by atoms with Crippen LogP contribution in [0.25, 0.3) is 0 Å². The summed E-state index contributed by atoms with van der Waals surface area (Å²) >= 11 is 0. The molecule has 0 saturated heterocycles. The van der Waals surface area contributed by atoms with Crippen LogP contribution >= 0.6 is 0 Å². The Morgan fingerprint density at radius 3 is 1.56 bits per heavy atom. The minimum atomic E-state index is -0.685. The molecule has 0 aromatic carbocycles. The third kappa shape index (κ3) is 5.47. The molecule has 0 fully saturated rings. The zero-order chi connectivity index (χ0) is 12.6. The highest BCUT2D eigenvalue weighted by atomic mass is 16.5. The fourth-order valence-corrected chi connectivity index (χ4v) is 0.981. The van der Waals surface area contributed by atoms with Crippen molar-refractivity contribution in [2.75, 3.05) is 14.2 Å². The van der Waals surface area contributed by atoms with Gasteiger partial charge in [0, 0.05) is 0 Å². The van der Waals surface area contributed by atoms with Gasteiger partial charge in [-0.05, 0) is 12.8 Å².